The lowest BCUT2D eigenvalue weighted by Crippen LogP contribution is -2.31. The molecule has 1 fully saturated rings. The summed E-state index contributed by atoms with van der Waals surface area (Å²) in [4.78, 5) is 25.5. The van der Waals surface area contributed by atoms with Crippen molar-refractivity contribution in [1.29, 1.82) is 0 Å². The summed E-state index contributed by atoms with van der Waals surface area (Å²) in [7, 11) is 0. The normalized spacial score (nSPS) is 16.1. The minimum Gasteiger partial charge on any atom is -0.334 e. The van der Waals surface area contributed by atoms with E-state index in [4.69, 9.17) is 4.98 Å². The van der Waals surface area contributed by atoms with Crippen molar-refractivity contribution >= 4 is 39.0 Å². The number of hydrogen-bond donors (Lipinski definition) is 1. The van der Waals surface area contributed by atoms with Crippen LogP contribution in [0.15, 0.2) is 48.8 Å². The van der Waals surface area contributed by atoms with E-state index in [0.717, 1.165) is 57.4 Å². The quantitative estimate of drug-likeness (QED) is 0.451. The molecule has 0 unspecified atom stereocenters. The van der Waals surface area contributed by atoms with Crippen molar-refractivity contribution in [1.82, 2.24) is 24.6 Å². The molecule has 8 heteroatoms. The molecule has 1 amide bonds. The Morgan fingerprint density at radius 1 is 1.22 bits per heavy atom. The van der Waals surface area contributed by atoms with Crippen molar-refractivity contribution in [3.8, 4) is 0 Å². The molecule has 32 heavy (non-hydrogen) atoms. The molecule has 4 heterocycles. The Balaban J connectivity index is 1.31. The maximum absolute atomic E-state index is 13.2. The number of nitrogens with one attached hydrogen (secondary N) is 1. The van der Waals surface area contributed by atoms with Gasteiger partial charge in [-0.2, -0.15) is 5.10 Å². The molecule has 7 nitrogen and oxygen atoms in total. The lowest BCUT2D eigenvalue weighted by atomic mass is 10.1. The molecule has 164 valence electrons. The Morgan fingerprint density at radius 3 is 2.94 bits per heavy atom. The van der Waals surface area contributed by atoms with E-state index in [1.807, 2.05) is 66.2 Å². The zero-order valence-corrected chi connectivity index (χ0v) is 19.1. The van der Waals surface area contributed by atoms with Crippen molar-refractivity contribution in [2.24, 2.45) is 0 Å². The van der Waals surface area contributed by atoms with Gasteiger partial charge in [0.1, 0.15) is 0 Å². The maximum Gasteiger partial charge on any atom is 0.225 e. The van der Waals surface area contributed by atoms with Crippen LogP contribution in [0.3, 0.4) is 0 Å². The monoisotopic (exact) mass is 446 g/mol. The fourth-order valence-corrected chi connectivity index (χ4v) is 5.08. The van der Waals surface area contributed by atoms with Gasteiger partial charge in [-0.15, -0.1) is 11.3 Å². The van der Waals surface area contributed by atoms with E-state index < -0.39 is 0 Å². The van der Waals surface area contributed by atoms with Crippen LogP contribution in [0, 0.1) is 13.8 Å². The van der Waals surface area contributed by atoms with Crippen LogP contribution in [0.25, 0.3) is 10.9 Å². The van der Waals surface area contributed by atoms with Gasteiger partial charge in [0.15, 0.2) is 5.13 Å². The second-order valence-electron chi connectivity index (χ2n) is 8.24. The number of nitrogens with zero attached hydrogens (tertiary/aromatic N) is 5. The molecule has 0 spiro atoms. The van der Waals surface area contributed by atoms with E-state index in [1.54, 1.807) is 11.3 Å². The summed E-state index contributed by atoms with van der Waals surface area (Å²) in [5.74, 6) is 0.153. The van der Waals surface area contributed by atoms with Crippen molar-refractivity contribution in [2.75, 3.05) is 11.9 Å². The first-order valence-electron chi connectivity index (χ1n) is 10.9. The number of likely N-dealkylation sites (tertiary alicyclic amines) is 1. The van der Waals surface area contributed by atoms with Crippen molar-refractivity contribution in [3.05, 3.63) is 65.1 Å². The Labute approximate surface area is 191 Å². The fourth-order valence-electron chi connectivity index (χ4n) is 4.39. The SMILES string of the molecule is Cc1cc(Nc2ncc(C)s2)cc([C@H]2CCCN2C(=O)CCn2ncc3ccccc32)n1. The summed E-state index contributed by atoms with van der Waals surface area (Å²) >= 11 is 1.62. The van der Waals surface area contributed by atoms with Crippen LogP contribution in [0.5, 0.6) is 0 Å². The molecule has 0 radical (unpaired) electrons. The highest BCUT2D eigenvalue weighted by molar-refractivity contribution is 7.15. The summed E-state index contributed by atoms with van der Waals surface area (Å²) in [6.07, 6.45) is 6.07. The van der Waals surface area contributed by atoms with Gasteiger partial charge in [0.2, 0.25) is 5.91 Å². The Bertz CT molecular complexity index is 1260. The number of para-hydroxylation sites is 1. The van der Waals surface area contributed by atoms with Gasteiger partial charge < -0.3 is 10.2 Å². The van der Waals surface area contributed by atoms with Crippen LogP contribution in [0.4, 0.5) is 10.8 Å². The van der Waals surface area contributed by atoms with Crippen molar-refractivity contribution in [3.63, 3.8) is 0 Å². The van der Waals surface area contributed by atoms with Crippen LogP contribution in [0.2, 0.25) is 0 Å². The molecule has 4 aromatic rings. The smallest absolute Gasteiger partial charge is 0.225 e. The van der Waals surface area contributed by atoms with Crippen LogP contribution in [0.1, 0.15) is 41.6 Å². The number of pyridine rings is 1. The molecule has 1 aliphatic heterocycles. The van der Waals surface area contributed by atoms with E-state index in [2.05, 4.69) is 21.5 Å². The Kier molecular flexibility index (Phi) is 5.61. The molecular weight excluding hydrogens is 420 g/mol. The number of benzene rings is 1. The summed E-state index contributed by atoms with van der Waals surface area (Å²) in [6, 6.07) is 12.2. The van der Waals surface area contributed by atoms with Gasteiger partial charge in [0.05, 0.1) is 30.0 Å². The topological polar surface area (TPSA) is 75.9 Å². The molecule has 1 aliphatic rings. The first-order chi connectivity index (χ1) is 15.6. The number of aromatic nitrogens is 4. The highest BCUT2D eigenvalue weighted by atomic mass is 32.1. The van der Waals surface area contributed by atoms with E-state index in [1.165, 1.54) is 0 Å². The van der Waals surface area contributed by atoms with Gasteiger partial charge in [-0.25, -0.2) is 4.98 Å². The largest absolute Gasteiger partial charge is 0.334 e. The lowest BCUT2D eigenvalue weighted by molar-refractivity contribution is -0.132. The summed E-state index contributed by atoms with van der Waals surface area (Å²) in [5, 5.41) is 9.80. The maximum atomic E-state index is 13.2. The molecule has 0 bridgehead atoms. The number of anilines is 2. The second kappa shape index (κ2) is 8.70. The zero-order chi connectivity index (χ0) is 22.1. The van der Waals surface area contributed by atoms with Gasteiger partial charge in [0.25, 0.3) is 0 Å². The van der Waals surface area contributed by atoms with Crippen LogP contribution in [-0.2, 0) is 11.3 Å². The van der Waals surface area contributed by atoms with E-state index in [9.17, 15) is 4.79 Å². The fraction of sp³-hybridized carbons (Fsp3) is 0.333. The number of rotatable bonds is 6. The van der Waals surface area contributed by atoms with E-state index >= 15 is 0 Å². The first-order valence-corrected chi connectivity index (χ1v) is 11.8. The highest BCUT2D eigenvalue weighted by Gasteiger charge is 2.31. The molecule has 0 saturated carbocycles. The summed E-state index contributed by atoms with van der Waals surface area (Å²) in [6.45, 7) is 5.38. The summed E-state index contributed by atoms with van der Waals surface area (Å²) in [5.41, 5.74) is 3.90. The minimum atomic E-state index is 0.00958. The molecule has 1 aromatic carbocycles. The van der Waals surface area contributed by atoms with Gasteiger partial charge in [-0.05, 0) is 44.9 Å². The molecule has 1 N–H and O–H groups in total. The van der Waals surface area contributed by atoms with Crippen LogP contribution < -0.4 is 5.32 Å². The number of aryl methyl sites for hydroxylation is 3. The molecular formula is C24H26N6OS. The third-order valence-electron chi connectivity index (χ3n) is 5.85. The van der Waals surface area contributed by atoms with Crippen molar-refractivity contribution in [2.45, 2.75) is 45.7 Å². The van der Waals surface area contributed by atoms with Gasteiger partial charge in [0, 0.05) is 40.8 Å². The number of fused-ring (bicyclic) bond motifs is 1. The number of carbonyl (C=O) groups excluding carboxylic acids is 1. The van der Waals surface area contributed by atoms with Crippen LogP contribution >= 0.6 is 11.3 Å². The highest BCUT2D eigenvalue weighted by Crippen LogP contribution is 2.33. The molecule has 1 atom stereocenters. The molecule has 3 aromatic heterocycles. The van der Waals surface area contributed by atoms with E-state index in [-0.39, 0.29) is 11.9 Å². The van der Waals surface area contributed by atoms with Gasteiger partial charge in [-0.1, -0.05) is 18.2 Å². The number of hydrogen-bond acceptors (Lipinski definition) is 6. The Hall–Kier alpha value is -3.26. The number of carbonyl (C=O) groups is 1. The minimum absolute atomic E-state index is 0.00958. The van der Waals surface area contributed by atoms with E-state index in [0.29, 0.717) is 13.0 Å². The number of amides is 1. The zero-order valence-electron chi connectivity index (χ0n) is 18.3. The molecule has 0 aliphatic carbocycles. The standard InChI is InChI=1S/C24H26N6OS/c1-16-12-19(28-24-25-14-17(2)32-24)13-20(27-16)22-8-5-10-29(22)23(31)9-11-30-21-7-4-3-6-18(21)15-26-30/h3-4,6-7,12-15,22H,5,8-11H2,1-2H3,(H,25,27,28)/t22-/m1/s1. The Morgan fingerprint density at radius 2 is 2.09 bits per heavy atom. The van der Waals surface area contributed by atoms with Crippen molar-refractivity contribution < 1.29 is 4.79 Å². The third kappa shape index (κ3) is 4.23. The number of thiazole rings is 1. The van der Waals surface area contributed by atoms with Crippen LogP contribution in [-0.4, -0.2) is 37.1 Å². The summed E-state index contributed by atoms with van der Waals surface area (Å²) < 4.78 is 1.92. The predicted octanol–water partition coefficient (Wildman–Crippen LogP) is 5.00. The lowest BCUT2D eigenvalue weighted by Gasteiger charge is -2.25. The third-order valence-corrected chi connectivity index (χ3v) is 6.68. The average molecular weight is 447 g/mol. The second-order valence-corrected chi connectivity index (χ2v) is 9.48. The van der Waals surface area contributed by atoms with Gasteiger partial charge >= 0.3 is 0 Å². The predicted molar refractivity (Wildman–Crippen MR) is 127 cm³/mol. The molecule has 1 saturated heterocycles. The average Bonchev–Trinajstić information content (AvgIpc) is 3.51. The first kappa shape index (κ1) is 20.6. The molecule has 5 rings (SSSR count). The van der Waals surface area contributed by atoms with Gasteiger partial charge in [-0.3, -0.25) is 14.5 Å².